The highest BCUT2D eigenvalue weighted by Crippen LogP contribution is 2.37. The number of thioether (sulfide) groups is 1. The van der Waals surface area contributed by atoms with Gasteiger partial charge in [-0.1, -0.05) is 0 Å². The number of carbonyl (C=O) groups excluding carboxylic acids is 1. The number of nitrogens with zero attached hydrogens (tertiary/aromatic N) is 1. The van der Waals surface area contributed by atoms with E-state index < -0.39 is 12.3 Å². The monoisotopic (exact) mass is 275 g/mol. The van der Waals surface area contributed by atoms with E-state index in [0.717, 1.165) is 0 Å². The van der Waals surface area contributed by atoms with Gasteiger partial charge >= 0.3 is 5.97 Å². The largest absolute Gasteiger partial charge is 0.428 e. The number of esters is 1. The highest BCUT2D eigenvalue weighted by atomic mass is 79.9. The van der Waals surface area contributed by atoms with E-state index in [0.29, 0.717) is 20.6 Å². The second kappa shape index (κ2) is 3.52. The summed E-state index contributed by atoms with van der Waals surface area (Å²) in [5, 5.41) is 10.0. The number of fused-ring (bicyclic) bond motifs is 1. The number of ether oxygens (including phenoxy) is 1. The third-order valence-electron chi connectivity index (χ3n) is 1.90. The lowest BCUT2D eigenvalue weighted by Crippen LogP contribution is -1.98. The molecule has 14 heavy (non-hydrogen) atoms. The van der Waals surface area contributed by atoms with Gasteiger partial charge in [-0.3, -0.25) is 0 Å². The first-order valence-electron chi connectivity index (χ1n) is 3.76. The van der Waals surface area contributed by atoms with Gasteiger partial charge in [0.15, 0.2) is 0 Å². The van der Waals surface area contributed by atoms with Crippen LogP contribution in [0, 0.1) is 0 Å². The molecule has 1 aromatic heterocycles. The third-order valence-corrected chi connectivity index (χ3v) is 3.23. The summed E-state index contributed by atoms with van der Waals surface area (Å²) >= 11 is 4.56. The molecule has 1 aliphatic rings. The Kier molecular flexibility index (Phi) is 2.50. The van der Waals surface area contributed by atoms with E-state index in [1.165, 1.54) is 11.8 Å². The third kappa shape index (κ3) is 1.34. The van der Waals surface area contributed by atoms with Crippen LogP contribution >= 0.6 is 27.7 Å². The zero-order chi connectivity index (χ0) is 10.3. The van der Waals surface area contributed by atoms with Crippen molar-refractivity contribution in [2.24, 2.45) is 0 Å². The summed E-state index contributed by atoms with van der Waals surface area (Å²) in [4.78, 5) is 15.4. The van der Waals surface area contributed by atoms with Crippen LogP contribution in [0.15, 0.2) is 15.7 Å². The van der Waals surface area contributed by atoms with E-state index in [2.05, 4.69) is 25.7 Å². The molecule has 0 aliphatic carbocycles. The van der Waals surface area contributed by atoms with Crippen LogP contribution in [0.25, 0.3) is 0 Å². The van der Waals surface area contributed by atoms with E-state index in [9.17, 15) is 9.90 Å². The van der Waals surface area contributed by atoms with Gasteiger partial charge in [-0.05, 0) is 22.2 Å². The van der Waals surface area contributed by atoms with Crippen LogP contribution in [0.4, 0.5) is 0 Å². The van der Waals surface area contributed by atoms with Crippen molar-refractivity contribution in [2.75, 3.05) is 6.26 Å². The first-order valence-corrected chi connectivity index (χ1v) is 5.78. The quantitative estimate of drug-likeness (QED) is 0.625. The molecule has 2 heterocycles. The minimum absolute atomic E-state index is 0.361. The van der Waals surface area contributed by atoms with Gasteiger partial charge in [0.25, 0.3) is 0 Å². The molecule has 1 atom stereocenters. The molecule has 1 aromatic rings. The SMILES string of the molecule is CSc1ncc(Br)c2c1C(=O)OC2O. The lowest BCUT2D eigenvalue weighted by atomic mass is 10.2. The summed E-state index contributed by atoms with van der Waals surface area (Å²) in [6.07, 6.45) is 2.19. The van der Waals surface area contributed by atoms with Crippen LogP contribution in [0.2, 0.25) is 0 Å². The standard InChI is InChI=1S/C8H6BrNO3S/c1-14-6-5-4(3(9)2-10-6)7(11)13-8(5)12/h2,7,11H,1H3. The second-order valence-electron chi connectivity index (χ2n) is 2.66. The van der Waals surface area contributed by atoms with Crippen molar-refractivity contribution in [3.05, 3.63) is 21.8 Å². The number of hydrogen-bond acceptors (Lipinski definition) is 5. The zero-order valence-corrected chi connectivity index (χ0v) is 9.55. The molecule has 1 N–H and O–H groups in total. The van der Waals surface area contributed by atoms with E-state index >= 15 is 0 Å². The molecule has 4 nitrogen and oxygen atoms in total. The Morgan fingerprint density at radius 2 is 2.43 bits per heavy atom. The predicted octanol–water partition coefficient (Wildman–Crippen LogP) is 1.73. The molecular weight excluding hydrogens is 270 g/mol. The van der Waals surface area contributed by atoms with Crippen LogP contribution in [0.3, 0.4) is 0 Å². The van der Waals surface area contributed by atoms with Crippen LogP contribution < -0.4 is 0 Å². The Bertz CT molecular complexity index is 410. The van der Waals surface area contributed by atoms with Gasteiger partial charge in [0.1, 0.15) is 10.6 Å². The van der Waals surface area contributed by atoms with Gasteiger partial charge in [0.05, 0.1) is 5.56 Å². The Balaban J connectivity index is 2.69. The molecule has 0 amide bonds. The van der Waals surface area contributed by atoms with Crippen LogP contribution in [0.1, 0.15) is 22.2 Å². The minimum Gasteiger partial charge on any atom is -0.428 e. The van der Waals surface area contributed by atoms with Crippen molar-refractivity contribution in [3.8, 4) is 0 Å². The van der Waals surface area contributed by atoms with Crippen molar-refractivity contribution < 1.29 is 14.6 Å². The summed E-state index contributed by atoms with van der Waals surface area (Å²) in [6, 6.07) is 0. The fourth-order valence-electron chi connectivity index (χ4n) is 1.30. The molecule has 1 aliphatic heterocycles. The highest BCUT2D eigenvalue weighted by Gasteiger charge is 2.34. The number of carbonyl (C=O) groups is 1. The van der Waals surface area contributed by atoms with E-state index in [1.54, 1.807) is 6.20 Å². The van der Waals surface area contributed by atoms with Crippen molar-refractivity contribution in [1.29, 1.82) is 0 Å². The molecule has 2 rings (SSSR count). The Labute approximate surface area is 92.8 Å². The normalized spacial score (nSPS) is 19.4. The number of rotatable bonds is 1. The van der Waals surface area contributed by atoms with Crippen molar-refractivity contribution in [3.63, 3.8) is 0 Å². The molecule has 0 aromatic carbocycles. The van der Waals surface area contributed by atoms with Gasteiger partial charge in [-0.2, -0.15) is 0 Å². The lowest BCUT2D eigenvalue weighted by molar-refractivity contribution is -0.0551. The molecule has 0 radical (unpaired) electrons. The van der Waals surface area contributed by atoms with Gasteiger partial charge < -0.3 is 9.84 Å². The van der Waals surface area contributed by atoms with E-state index in [4.69, 9.17) is 0 Å². The topological polar surface area (TPSA) is 59.4 Å². The van der Waals surface area contributed by atoms with Gasteiger partial charge in [-0.15, -0.1) is 11.8 Å². The maximum atomic E-state index is 11.4. The maximum absolute atomic E-state index is 11.4. The molecule has 74 valence electrons. The minimum atomic E-state index is -1.18. The van der Waals surface area contributed by atoms with Crippen LogP contribution in [0.5, 0.6) is 0 Å². The average Bonchev–Trinajstić information content (AvgIpc) is 2.44. The first-order chi connectivity index (χ1) is 6.65. The summed E-state index contributed by atoms with van der Waals surface area (Å²) in [5.74, 6) is -0.523. The molecule has 0 saturated heterocycles. The average molecular weight is 276 g/mol. The zero-order valence-electron chi connectivity index (χ0n) is 7.15. The molecule has 0 saturated carbocycles. The highest BCUT2D eigenvalue weighted by molar-refractivity contribution is 9.10. The Morgan fingerprint density at radius 3 is 3.07 bits per heavy atom. The fourth-order valence-corrected chi connectivity index (χ4v) is 2.35. The van der Waals surface area contributed by atoms with E-state index in [-0.39, 0.29) is 0 Å². The maximum Gasteiger partial charge on any atom is 0.344 e. The summed E-state index contributed by atoms with van der Waals surface area (Å²) in [7, 11) is 0. The van der Waals surface area contributed by atoms with Gasteiger partial charge in [0, 0.05) is 10.7 Å². The number of halogens is 1. The lowest BCUT2D eigenvalue weighted by Gasteiger charge is -2.04. The van der Waals surface area contributed by atoms with Gasteiger partial charge in [0.2, 0.25) is 6.29 Å². The van der Waals surface area contributed by atoms with Crippen molar-refractivity contribution >= 4 is 33.7 Å². The van der Waals surface area contributed by atoms with E-state index in [1.807, 2.05) is 6.26 Å². The summed E-state index contributed by atoms with van der Waals surface area (Å²) in [6.45, 7) is 0. The number of hydrogen-bond donors (Lipinski definition) is 1. The fraction of sp³-hybridized carbons (Fsp3) is 0.250. The summed E-state index contributed by atoms with van der Waals surface area (Å²) < 4.78 is 5.27. The number of aromatic nitrogens is 1. The molecular formula is C8H6BrNO3S. The van der Waals surface area contributed by atoms with Crippen LogP contribution in [-0.2, 0) is 4.74 Å². The smallest absolute Gasteiger partial charge is 0.344 e. The van der Waals surface area contributed by atoms with Crippen molar-refractivity contribution in [1.82, 2.24) is 4.98 Å². The molecule has 1 unspecified atom stereocenters. The van der Waals surface area contributed by atoms with Gasteiger partial charge in [-0.25, -0.2) is 9.78 Å². The molecule has 0 bridgehead atoms. The van der Waals surface area contributed by atoms with Crippen LogP contribution in [-0.4, -0.2) is 22.3 Å². The molecule has 0 fully saturated rings. The Hall–Kier alpha value is -0.590. The number of cyclic esters (lactones) is 1. The molecule has 6 heteroatoms. The Morgan fingerprint density at radius 1 is 1.71 bits per heavy atom. The predicted molar refractivity (Wildman–Crippen MR) is 54.1 cm³/mol. The van der Waals surface area contributed by atoms with Crippen molar-refractivity contribution in [2.45, 2.75) is 11.3 Å². The number of pyridine rings is 1. The summed E-state index contributed by atoms with van der Waals surface area (Å²) in [5.41, 5.74) is 0.828. The number of aliphatic hydroxyl groups is 1. The second-order valence-corrected chi connectivity index (χ2v) is 4.31. The number of aliphatic hydroxyl groups excluding tert-OH is 1. The molecule has 0 spiro atoms. The first kappa shape index (κ1) is 9.95.